The molecule has 0 saturated carbocycles. The van der Waals surface area contributed by atoms with E-state index in [-0.39, 0.29) is 6.03 Å². The first-order valence-electron chi connectivity index (χ1n) is 11.0. The van der Waals surface area contributed by atoms with E-state index in [2.05, 4.69) is 50.4 Å². The summed E-state index contributed by atoms with van der Waals surface area (Å²) in [6.45, 7) is 10.3. The lowest BCUT2D eigenvalue weighted by Gasteiger charge is -2.36. The van der Waals surface area contributed by atoms with Crippen molar-refractivity contribution in [2.75, 3.05) is 47.8 Å². The summed E-state index contributed by atoms with van der Waals surface area (Å²) < 4.78 is 0. The van der Waals surface area contributed by atoms with Gasteiger partial charge in [-0.15, -0.1) is 10.2 Å². The molecule has 7 nitrogen and oxygen atoms in total. The highest BCUT2D eigenvalue weighted by Crippen LogP contribution is 2.24. The lowest BCUT2D eigenvalue weighted by Crippen LogP contribution is -2.50. The number of rotatable bonds is 3. The molecule has 1 N–H and O–H groups in total. The summed E-state index contributed by atoms with van der Waals surface area (Å²) >= 11 is 0. The highest BCUT2D eigenvalue weighted by atomic mass is 16.2. The molecule has 2 aliphatic heterocycles. The summed E-state index contributed by atoms with van der Waals surface area (Å²) in [7, 11) is 0. The van der Waals surface area contributed by atoms with Crippen LogP contribution in [0.3, 0.4) is 0 Å². The topological polar surface area (TPSA) is 64.6 Å². The first-order chi connectivity index (χ1) is 14.5. The number of carbonyl (C=O) groups excluding carboxylic acids is 1. The van der Waals surface area contributed by atoms with Crippen molar-refractivity contribution in [3.8, 4) is 0 Å². The number of aryl methyl sites for hydroxylation is 2. The fourth-order valence-corrected chi connectivity index (χ4v) is 4.47. The van der Waals surface area contributed by atoms with E-state index in [1.54, 1.807) is 0 Å². The summed E-state index contributed by atoms with van der Waals surface area (Å²) in [5, 5.41) is 12.0. The lowest BCUT2D eigenvalue weighted by atomic mass is 10.0. The number of hydrogen-bond acceptors (Lipinski definition) is 5. The number of nitrogens with zero attached hydrogens (tertiary/aromatic N) is 5. The largest absolute Gasteiger partial charge is 0.352 e. The molecule has 4 rings (SSSR count). The average molecular weight is 409 g/mol. The van der Waals surface area contributed by atoms with Crippen LogP contribution in [-0.2, 0) is 0 Å². The van der Waals surface area contributed by atoms with Gasteiger partial charge >= 0.3 is 6.03 Å². The van der Waals surface area contributed by atoms with Crippen LogP contribution in [0.25, 0.3) is 0 Å². The maximum atomic E-state index is 12.6. The maximum absolute atomic E-state index is 12.6. The Morgan fingerprint density at radius 3 is 2.23 bits per heavy atom. The molecule has 1 aromatic heterocycles. The molecule has 2 aliphatic rings. The third-order valence-corrected chi connectivity index (χ3v) is 6.10. The number of urea groups is 1. The van der Waals surface area contributed by atoms with Crippen molar-refractivity contribution < 1.29 is 4.79 Å². The Morgan fingerprint density at radius 2 is 1.60 bits per heavy atom. The molecule has 1 unspecified atom stereocenters. The maximum Gasteiger partial charge on any atom is 0.321 e. The van der Waals surface area contributed by atoms with Gasteiger partial charge in [0.2, 0.25) is 0 Å². The van der Waals surface area contributed by atoms with Gasteiger partial charge in [0.15, 0.2) is 11.6 Å². The van der Waals surface area contributed by atoms with E-state index < -0.39 is 0 Å². The SMILES string of the molecule is Cc1cc(C)cc(NC(=O)N2CCN(c3ccc(N4CCCCC4C)nn3)CC2)c1. The number of anilines is 3. The Balaban J connectivity index is 1.32. The molecule has 3 heterocycles. The van der Waals surface area contributed by atoms with Gasteiger partial charge < -0.3 is 20.0 Å². The highest BCUT2D eigenvalue weighted by molar-refractivity contribution is 5.89. The van der Waals surface area contributed by atoms with Gasteiger partial charge in [0.05, 0.1) is 0 Å². The lowest BCUT2D eigenvalue weighted by molar-refractivity contribution is 0.208. The van der Waals surface area contributed by atoms with Crippen LogP contribution >= 0.6 is 0 Å². The number of amides is 2. The third kappa shape index (κ3) is 4.66. The Kier molecular flexibility index (Phi) is 6.06. The standard InChI is InChI=1S/C23H32N6O/c1-17-14-18(2)16-20(15-17)24-23(30)28-12-10-27(11-13-28)21-7-8-22(26-25-21)29-9-5-4-6-19(29)3/h7-8,14-16,19H,4-6,9-13H2,1-3H3,(H,24,30). The molecule has 2 aromatic rings. The minimum absolute atomic E-state index is 0.0415. The first-order valence-corrected chi connectivity index (χ1v) is 11.0. The van der Waals surface area contributed by atoms with Gasteiger partial charge in [0.25, 0.3) is 0 Å². The molecule has 2 saturated heterocycles. The van der Waals surface area contributed by atoms with Crippen molar-refractivity contribution in [3.05, 3.63) is 41.5 Å². The van der Waals surface area contributed by atoms with Gasteiger partial charge in [-0.2, -0.15) is 0 Å². The number of aromatic nitrogens is 2. The molecule has 0 bridgehead atoms. The zero-order valence-corrected chi connectivity index (χ0v) is 18.3. The number of benzene rings is 1. The molecule has 7 heteroatoms. The fourth-order valence-electron chi connectivity index (χ4n) is 4.47. The van der Waals surface area contributed by atoms with Crippen LogP contribution in [0.5, 0.6) is 0 Å². The molecule has 2 amide bonds. The second kappa shape index (κ2) is 8.90. The zero-order valence-electron chi connectivity index (χ0n) is 18.3. The molecule has 0 radical (unpaired) electrons. The number of nitrogens with one attached hydrogen (secondary N) is 1. The minimum atomic E-state index is -0.0415. The molecular formula is C23H32N6O. The van der Waals surface area contributed by atoms with Crippen LogP contribution in [0.1, 0.15) is 37.3 Å². The zero-order chi connectivity index (χ0) is 21.1. The average Bonchev–Trinajstić information content (AvgIpc) is 2.74. The summed E-state index contributed by atoms with van der Waals surface area (Å²) in [6.07, 6.45) is 3.74. The van der Waals surface area contributed by atoms with Gasteiger partial charge in [0.1, 0.15) is 0 Å². The summed E-state index contributed by atoms with van der Waals surface area (Å²) in [6, 6.07) is 10.7. The van der Waals surface area contributed by atoms with E-state index in [1.165, 1.54) is 19.3 Å². The van der Waals surface area contributed by atoms with Crippen LogP contribution in [-0.4, -0.2) is 59.9 Å². The van der Waals surface area contributed by atoms with Crippen molar-refractivity contribution in [1.82, 2.24) is 15.1 Å². The van der Waals surface area contributed by atoms with E-state index >= 15 is 0 Å². The van der Waals surface area contributed by atoms with E-state index in [0.29, 0.717) is 19.1 Å². The van der Waals surface area contributed by atoms with E-state index in [1.807, 2.05) is 30.9 Å². The van der Waals surface area contributed by atoms with Crippen molar-refractivity contribution in [3.63, 3.8) is 0 Å². The van der Waals surface area contributed by atoms with Crippen molar-refractivity contribution in [2.45, 2.75) is 46.1 Å². The predicted molar refractivity (Wildman–Crippen MR) is 121 cm³/mol. The van der Waals surface area contributed by atoms with Gasteiger partial charge in [-0.3, -0.25) is 0 Å². The van der Waals surface area contributed by atoms with Crippen LogP contribution in [0.2, 0.25) is 0 Å². The molecule has 160 valence electrons. The molecular weight excluding hydrogens is 376 g/mol. The predicted octanol–water partition coefficient (Wildman–Crippen LogP) is 3.83. The highest BCUT2D eigenvalue weighted by Gasteiger charge is 2.24. The normalized spacial score (nSPS) is 19.7. The number of hydrogen-bond donors (Lipinski definition) is 1. The summed E-state index contributed by atoms with van der Waals surface area (Å²) in [4.78, 5) is 19.1. The summed E-state index contributed by atoms with van der Waals surface area (Å²) in [5.74, 6) is 1.86. The van der Waals surface area contributed by atoms with E-state index in [9.17, 15) is 4.79 Å². The van der Waals surface area contributed by atoms with Crippen molar-refractivity contribution >= 4 is 23.4 Å². The smallest absolute Gasteiger partial charge is 0.321 e. The van der Waals surface area contributed by atoms with Crippen LogP contribution in [0.4, 0.5) is 22.1 Å². The van der Waals surface area contributed by atoms with Gasteiger partial charge in [-0.1, -0.05) is 6.07 Å². The second-order valence-corrected chi connectivity index (χ2v) is 8.57. The summed E-state index contributed by atoms with van der Waals surface area (Å²) in [5.41, 5.74) is 3.15. The fraction of sp³-hybridized carbons (Fsp3) is 0.522. The third-order valence-electron chi connectivity index (χ3n) is 6.10. The molecule has 1 atom stereocenters. The molecule has 0 spiro atoms. The number of carbonyl (C=O) groups is 1. The molecule has 1 aromatic carbocycles. The van der Waals surface area contributed by atoms with Crippen LogP contribution < -0.4 is 15.1 Å². The van der Waals surface area contributed by atoms with Crippen molar-refractivity contribution in [2.24, 2.45) is 0 Å². The van der Waals surface area contributed by atoms with Crippen molar-refractivity contribution in [1.29, 1.82) is 0 Å². The number of piperidine rings is 1. The molecule has 2 fully saturated rings. The Labute approximate surface area is 179 Å². The first kappa shape index (κ1) is 20.4. The second-order valence-electron chi connectivity index (χ2n) is 8.57. The monoisotopic (exact) mass is 408 g/mol. The number of piperazine rings is 1. The van der Waals surface area contributed by atoms with Gasteiger partial charge in [-0.05, 0) is 75.4 Å². The van der Waals surface area contributed by atoms with E-state index in [0.717, 1.165) is 48.1 Å². The van der Waals surface area contributed by atoms with Crippen LogP contribution in [0.15, 0.2) is 30.3 Å². The Morgan fingerprint density at radius 1 is 0.933 bits per heavy atom. The van der Waals surface area contributed by atoms with Gasteiger partial charge in [0, 0.05) is 44.5 Å². The van der Waals surface area contributed by atoms with Gasteiger partial charge in [-0.25, -0.2) is 4.79 Å². The quantitative estimate of drug-likeness (QED) is 0.836. The van der Waals surface area contributed by atoms with E-state index in [4.69, 9.17) is 0 Å². The Hall–Kier alpha value is -2.83. The Bertz CT molecular complexity index is 856. The molecule has 0 aliphatic carbocycles. The van der Waals surface area contributed by atoms with Crippen LogP contribution in [0, 0.1) is 13.8 Å². The molecule has 30 heavy (non-hydrogen) atoms. The minimum Gasteiger partial charge on any atom is -0.352 e.